The lowest BCUT2D eigenvalue weighted by molar-refractivity contribution is -0.122. The maximum Gasteiger partial charge on any atom is 0.267 e. The Morgan fingerprint density at radius 1 is 1.17 bits per heavy atom. The number of benzene rings is 1. The van der Waals surface area contributed by atoms with E-state index >= 15 is 0 Å². The molecule has 3 N–H and O–H groups in total. The molecule has 0 atom stereocenters. The number of thiophene rings is 1. The first-order valence-electron chi connectivity index (χ1n) is 9.47. The number of carbonyl (C=O) groups excluding carboxylic acids is 2. The smallest absolute Gasteiger partial charge is 0.267 e. The fourth-order valence-electron chi connectivity index (χ4n) is 3.48. The number of nitrogens with two attached hydrogens (primary N) is 1. The van der Waals surface area contributed by atoms with Crippen LogP contribution in [-0.4, -0.2) is 29.9 Å². The summed E-state index contributed by atoms with van der Waals surface area (Å²) >= 11 is 3.02. The van der Waals surface area contributed by atoms with Gasteiger partial charge in [0, 0.05) is 41.3 Å². The molecule has 0 bridgehead atoms. The second kappa shape index (κ2) is 8.34. The van der Waals surface area contributed by atoms with Gasteiger partial charge in [-0.3, -0.25) is 9.59 Å². The zero-order valence-corrected chi connectivity index (χ0v) is 17.7. The highest BCUT2D eigenvalue weighted by molar-refractivity contribution is 7.17. The monoisotopic (exact) mass is 426 g/mol. The summed E-state index contributed by atoms with van der Waals surface area (Å²) in [7, 11) is 0. The minimum atomic E-state index is -0.205. The van der Waals surface area contributed by atoms with E-state index in [0.717, 1.165) is 53.6 Å². The lowest BCUT2D eigenvalue weighted by Gasteiger charge is -2.32. The van der Waals surface area contributed by atoms with Gasteiger partial charge in [0.2, 0.25) is 5.91 Å². The molecular weight excluding hydrogens is 404 g/mol. The largest absolute Gasteiger partial charge is 0.371 e. The van der Waals surface area contributed by atoms with Crippen LogP contribution in [0.4, 0.5) is 11.4 Å². The van der Waals surface area contributed by atoms with Crippen LogP contribution in [0.15, 0.2) is 41.1 Å². The number of anilines is 2. The maximum atomic E-state index is 12.7. The molecule has 29 heavy (non-hydrogen) atoms. The molecule has 1 aromatic carbocycles. The summed E-state index contributed by atoms with van der Waals surface area (Å²) in [5.41, 5.74) is 9.02. The highest BCUT2D eigenvalue weighted by atomic mass is 32.1. The second-order valence-electron chi connectivity index (χ2n) is 7.11. The summed E-state index contributed by atoms with van der Waals surface area (Å²) in [5.74, 6) is -0.369. The van der Waals surface area contributed by atoms with Gasteiger partial charge in [-0.05, 0) is 55.5 Å². The molecule has 0 saturated carbocycles. The molecule has 1 aliphatic rings. The first-order chi connectivity index (χ1) is 14.0. The summed E-state index contributed by atoms with van der Waals surface area (Å²) in [6.45, 7) is 3.48. The van der Waals surface area contributed by atoms with Crippen molar-refractivity contribution in [1.82, 2.24) is 4.98 Å². The molecule has 2 aromatic heterocycles. The van der Waals surface area contributed by atoms with Crippen LogP contribution in [-0.2, 0) is 4.79 Å². The molecule has 0 unspecified atom stereocenters. The van der Waals surface area contributed by atoms with Crippen LogP contribution in [0.3, 0.4) is 0 Å². The fraction of sp³-hybridized carbons (Fsp3) is 0.286. The van der Waals surface area contributed by atoms with Gasteiger partial charge in [-0.2, -0.15) is 11.3 Å². The number of nitrogens with zero attached hydrogens (tertiary/aromatic N) is 2. The van der Waals surface area contributed by atoms with Crippen molar-refractivity contribution in [3.8, 4) is 10.6 Å². The zero-order chi connectivity index (χ0) is 20.4. The third kappa shape index (κ3) is 4.33. The zero-order valence-electron chi connectivity index (χ0n) is 16.1. The number of thiazole rings is 1. The summed E-state index contributed by atoms with van der Waals surface area (Å²) in [4.78, 5) is 31.4. The number of aryl methyl sites for hydroxylation is 1. The number of aromatic nitrogens is 1. The van der Waals surface area contributed by atoms with Crippen molar-refractivity contribution >= 4 is 45.9 Å². The Kier molecular flexibility index (Phi) is 5.64. The van der Waals surface area contributed by atoms with Crippen LogP contribution in [0.1, 0.15) is 28.2 Å². The van der Waals surface area contributed by atoms with Crippen molar-refractivity contribution in [2.45, 2.75) is 19.8 Å². The van der Waals surface area contributed by atoms with Crippen molar-refractivity contribution in [2.75, 3.05) is 23.3 Å². The van der Waals surface area contributed by atoms with Gasteiger partial charge >= 0.3 is 0 Å². The predicted molar refractivity (Wildman–Crippen MR) is 119 cm³/mol. The Bertz CT molecular complexity index is 1000. The van der Waals surface area contributed by atoms with E-state index in [2.05, 4.69) is 15.2 Å². The van der Waals surface area contributed by atoms with E-state index in [4.69, 9.17) is 5.73 Å². The molecule has 0 aliphatic carbocycles. The van der Waals surface area contributed by atoms with Gasteiger partial charge in [-0.1, -0.05) is 0 Å². The number of rotatable bonds is 5. The standard InChI is InChI=1S/C21H22N4O2S2/c1-13-18(29-21(23-13)15-8-11-28-12-15)20(27)24-16-2-4-17(5-3-16)25-9-6-14(7-10-25)19(22)26/h2-5,8,11-12,14H,6-7,9-10H2,1H3,(H2,22,26)(H,24,27). The van der Waals surface area contributed by atoms with Crippen LogP contribution in [0, 0.1) is 12.8 Å². The molecule has 1 saturated heterocycles. The lowest BCUT2D eigenvalue weighted by Crippen LogP contribution is -2.38. The minimum absolute atomic E-state index is 0.0218. The molecule has 0 radical (unpaired) electrons. The van der Waals surface area contributed by atoms with Crippen LogP contribution in [0.25, 0.3) is 10.6 Å². The Labute approximate surface area is 177 Å². The van der Waals surface area contributed by atoms with Gasteiger partial charge in [0.15, 0.2) is 0 Å². The molecule has 150 valence electrons. The number of primary amides is 1. The van der Waals surface area contributed by atoms with Crippen molar-refractivity contribution in [2.24, 2.45) is 11.7 Å². The van der Waals surface area contributed by atoms with Gasteiger partial charge in [0.05, 0.1) is 5.69 Å². The number of nitrogens with one attached hydrogen (secondary N) is 1. The average Bonchev–Trinajstić information content (AvgIpc) is 3.38. The topological polar surface area (TPSA) is 88.3 Å². The second-order valence-corrected chi connectivity index (χ2v) is 8.89. The van der Waals surface area contributed by atoms with E-state index in [9.17, 15) is 9.59 Å². The highest BCUT2D eigenvalue weighted by Gasteiger charge is 2.23. The van der Waals surface area contributed by atoms with Gasteiger partial charge in [-0.15, -0.1) is 11.3 Å². The first-order valence-corrected chi connectivity index (χ1v) is 11.2. The molecular formula is C21H22N4O2S2. The van der Waals surface area contributed by atoms with Crippen molar-refractivity contribution in [3.05, 3.63) is 51.7 Å². The van der Waals surface area contributed by atoms with E-state index in [-0.39, 0.29) is 17.7 Å². The SMILES string of the molecule is Cc1nc(-c2ccsc2)sc1C(=O)Nc1ccc(N2CCC(C(N)=O)CC2)cc1. The van der Waals surface area contributed by atoms with Crippen molar-refractivity contribution in [3.63, 3.8) is 0 Å². The van der Waals surface area contributed by atoms with Gasteiger partial charge < -0.3 is 16.0 Å². The van der Waals surface area contributed by atoms with Crippen LogP contribution >= 0.6 is 22.7 Å². The molecule has 2 amide bonds. The molecule has 3 aromatic rings. The molecule has 0 spiro atoms. The molecule has 4 rings (SSSR count). The molecule has 1 aliphatic heterocycles. The summed E-state index contributed by atoms with van der Waals surface area (Å²) in [6, 6.07) is 9.82. The van der Waals surface area contributed by atoms with Crippen molar-refractivity contribution in [1.29, 1.82) is 0 Å². The van der Waals surface area contributed by atoms with Gasteiger partial charge in [0.1, 0.15) is 9.88 Å². The predicted octanol–water partition coefficient (Wildman–Crippen LogP) is 4.13. The first kappa shape index (κ1) is 19.6. The number of hydrogen-bond donors (Lipinski definition) is 2. The van der Waals surface area contributed by atoms with E-state index in [0.29, 0.717) is 4.88 Å². The summed E-state index contributed by atoms with van der Waals surface area (Å²) in [6.07, 6.45) is 1.57. The van der Waals surface area contributed by atoms with E-state index in [1.165, 1.54) is 11.3 Å². The van der Waals surface area contributed by atoms with Crippen LogP contribution in [0.5, 0.6) is 0 Å². The lowest BCUT2D eigenvalue weighted by atomic mass is 9.96. The third-order valence-corrected chi connectivity index (χ3v) is 7.05. The maximum absolute atomic E-state index is 12.7. The number of amides is 2. The highest BCUT2D eigenvalue weighted by Crippen LogP contribution is 2.30. The Morgan fingerprint density at radius 3 is 2.52 bits per heavy atom. The average molecular weight is 427 g/mol. The summed E-state index contributed by atoms with van der Waals surface area (Å²) < 4.78 is 0. The summed E-state index contributed by atoms with van der Waals surface area (Å²) in [5, 5.41) is 7.87. The quantitative estimate of drug-likeness (QED) is 0.642. The number of piperidine rings is 1. The Balaban J connectivity index is 1.40. The van der Waals surface area contributed by atoms with E-state index in [1.54, 1.807) is 11.3 Å². The normalized spacial score (nSPS) is 14.7. The van der Waals surface area contributed by atoms with E-state index in [1.807, 2.05) is 48.0 Å². The third-order valence-electron chi connectivity index (χ3n) is 5.16. The molecule has 1 fully saturated rings. The van der Waals surface area contributed by atoms with Crippen LogP contribution in [0.2, 0.25) is 0 Å². The minimum Gasteiger partial charge on any atom is -0.371 e. The fourth-order valence-corrected chi connectivity index (χ4v) is 5.16. The molecule has 8 heteroatoms. The molecule has 3 heterocycles. The number of hydrogen-bond acceptors (Lipinski definition) is 6. The Morgan fingerprint density at radius 2 is 1.90 bits per heavy atom. The number of carbonyl (C=O) groups is 2. The van der Waals surface area contributed by atoms with E-state index < -0.39 is 0 Å². The van der Waals surface area contributed by atoms with Crippen LogP contribution < -0.4 is 16.0 Å². The molecule has 6 nitrogen and oxygen atoms in total. The van der Waals surface area contributed by atoms with Crippen molar-refractivity contribution < 1.29 is 9.59 Å². The Hall–Kier alpha value is -2.71. The van der Waals surface area contributed by atoms with Gasteiger partial charge in [-0.25, -0.2) is 4.98 Å². The van der Waals surface area contributed by atoms with Gasteiger partial charge in [0.25, 0.3) is 5.91 Å².